The van der Waals surface area contributed by atoms with Gasteiger partial charge in [-0.05, 0) is 108 Å². The molecule has 7 aromatic heterocycles. The van der Waals surface area contributed by atoms with Crippen molar-refractivity contribution >= 4 is 146 Å². The molecule has 1 aliphatic heterocycles. The predicted octanol–water partition coefficient (Wildman–Crippen LogP) is 19.4. The van der Waals surface area contributed by atoms with Gasteiger partial charge < -0.3 is 24.3 Å². The zero-order valence-electron chi connectivity index (χ0n) is 43.3. The molecule has 0 unspecified atom stereocenters. The number of fused-ring (bicyclic) bond motifs is 17. The van der Waals surface area contributed by atoms with E-state index in [9.17, 15) is 0 Å². The fraction of sp³-hybridized carbons (Fsp3) is 0. The first-order valence-electron chi connectivity index (χ1n) is 27.1. The number of allylic oxidation sites excluding steroid dienone is 8. The van der Waals surface area contributed by atoms with E-state index in [2.05, 4.69) is 209 Å². The minimum Gasteiger partial charge on any atom is -0.456 e. The van der Waals surface area contributed by atoms with E-state index >= 15 is 0 Å². The van der Waals surface area contributed by atoms with E-state index in [1.807, 2.05) is 88.2 Å². The maximum absolute atomic E-state index is 8.55. The second-order valence-corrected chi connectivity index (χ2v) is 22.9. The van der Waals surface area contributed by atoms with E-state index in [0.717, 1.165) is 72.1 Å². The van der Waals surface area contributed by atoms with Crippen LogP contribution in [0, 0.1) is 5.41 Å². The average Bonchev–Trinajstić information content (AvgIpc) is 4.05. The van der Waals surface area contributed by atoms with Crippen LogP contribution in [0.25, 0.3) is 140 Å². The van der Waals surface area contributed by atoms with Crippen LogP contribution in [0.2, 0.25) is 0 Å². The lowest BCUT2D eigenvalue weighted by Crippen LogP contribution is -2.16. The van der Waals surface area contributed by atoms with Crippen molar-refractivity contribution in [1.29, 1.82) is 5.41 Å². The SMILES string of the molecule is N=C1C=CC=C/C1=C1/NC=CC=C1c1cccc(-n2c3cc4c(cc3c3sc5ccccc5c32)sc2ccccc24)c1.c1ccc2c(c1)nn1cccc(-c3ccc(-n4c5ccccc5c5cc6oc7ccccc7c6cc54)cc3)c21. The van der Waals surface area contributed by atoms with E-state index in [0.29, 0.717) is 5.71 Å². The molecule has 2 aliphatic rings. The van der Waals surface area contributed by atoms with Crippen LogP contribution in [0.3, 0.4) is 0 Å². The lowest BCUT2D eigenvalue weighted by molar-refractivity contribution is 0.669. The topological polar surface area (TPSA) is 76.2 Å². The summed E-state index contributed by atoms with van der Waals surface area (Å²) >= 11 is 3.76. The molecule has 9 heteroatoms. The Labute approximate surface area is 470 Å². The zero-order valence-corrected chi connectivity index (χ0v) is 44.9. The molecule has 81 heavy (non-hydrogen) atoms. The smallest absolute Gasteiger partial charge is 0.136 e. The number of rotatable bonds is 4. The number of aromatic nitrogens is 4. The number of hydrogen-bond acceptors (Lipinski definition) is 6. The molecule has 9 aromatic carbocycles. The fourth-order valence-corrected chi connectivity index (χ4v) is 14.9. The molecule has 1 aliphatic carbocycles. The normalized spacial score (nSPS) is 14.6. The highest BCUT2D eigenvalue weighted by Gasteiger charge is 2.23. The summed E-state index contributed by atoms with van der Waals surface area (Å²) in [5.41, 5.74) is 18.0. The molecule has 2 N–H and O–H groups in total. The van der Waals surface area contributed by atoms with Crippen molar-refractivity contribution in [1.82, 2.24) is 24.1 Å². The molecule has 0 saturated carbocycles. The number of benzene rings is 9. The lowest BCUT2D eigenvalue weighted by atomic mass is 9.93. The van der Waals surface area contributed by atoms with Gasteiger partial charge in [-0.25, -0.2) is 4.52 Å². The van der Waals surface area contributed by atoms with Crippen LogP contribution in [-0.2, 0) is 0 Å². The van der Waals surface area contributed by atoms with Crippen molar-refractivity contribution < 1.29 is 4.42 Å². The summed E-state index contributed by atoms with van der Waals surface area (Å²) < 4.78 is 18.3. The van der Waals surface area contributed by atoms with Gasteiger partial charge >= 0.3 is 0 Å². The number of para-hydroxylation sites is 2. The Morgan fingerprint density at radius 1 is 0.457 bits per heavy atom. The van der Waals surface area contributed by atoms with Crippen molar-refractivity contribution in [3.63, 3.8) is 0 Å². The number of thiophene rings is 2. The summed E-state index contributed by atoms with van der Waals surface area (Å²) in [6.07, 6.45) is 15.9. The molecule has 0 radical (unpaired) electrons. The summed E-state index contributed by atoms with van der Waals surface area (Å²) in [4.78, 5) is 0. The van der Waals surface area contributed by atoms with E-state index in [-0.39, 0.29) is 0 Å². The van der Waals surface area contributed by atoms with Gasteiger partial charge in [0, 0.05) is 103 Å². The van der Waals surface area contributed by atoms with Crippen molar-refractivity contribution in [3.8, 4) is 22.5 Å². The highest BCUT2D eigenvalue weighted by Crippen LogP contribution is 2.47. The van der Waals surface area contributed by atoms with E-state index in [4.69, 9.17) is 14.9 Å². The standard InChI is InChI=1S/C37H23N3S2.C35H21N3O/c38-30-15-4-1-12-26(30)35-24(14-8-18-39-35)22-9-7-10-23(19-22)40-31-20-28-25-11-2-5-16-32(25)41-34(28)21-29(31)37-36(40)27-13-3-6-17-33(27)42-37;1-4-12-30-27(10-1)35-24(11-7-19-37(35)36-30)22-15-17-23(18-16-22)38-31-13-5-2-8-25(31)28-21-34-29(20-32(28)38)26-9-3-6-14-33(26)39-34/h1-21,38-39H;1-21H/b35-26-,38-30?;. The minimum absolute atomic E-state index is 0.507. The number of hydrogen-bond donors (Lipinski definition) is 2. The van der Waals surface area contributed by atoms with Gasteiger partial charge in [-0.1, -0.05) is 146 Å². The van der Waals surface area contributed by atoms with Gasteiger partial charge in [0.2, 0.25) is 0 Å². The van der Waals surface area contributed by atoms with Gasteiger partial charge in [0.15, 0.2) is 0 Å². The summed E-state index contributed by atoms with van der Waals surface area (Å²) in [7, 11) is 0. The van der Waals surface area contributed by atoms with Crippen LogP contribution in [0.15, 0.2) is 271 Å². The minimum atomic E-state index is 0.507. The van der Waals surface area contributed by atoms with Crippen LogP contribution in [-0.4, -0.2) is 24.5 Å². The monoisotopic (exact) mass is 1070 g/mol. The van der Waals surface area contributed by atoms with Crippen LogP contribution < -0.4 is 5.32 Å². The molecule has 0 saturated heterocycles. The first kappa shape index (κ1) is 45.7. The Morgan fingerprint density at radius 3 is 2.07 bits per heavy atom. The molecule has 16 aromatic rings. The maximum Gasteiger partial charge on any atom is 0.136 e. The Morgan fingerprint density at radius 2 is 1.20 bits per heavy atom. The summed E-state index contributed by atoms with van der Waals surface area (Å²) in [6.45, 7) is 0. The Balaban J connectivity index is 0.000000129. The van der Waals surface area contributed by atoms with Crippen molar-refractivity contribution in [2.45, 2.75) is 0 Å². The molecule has 0 spiro atoms. The van der Waals surface area contributed by atoms with E-state index in [1.54, 1.807) is 0 Å². The number of pyridine rings is 1. The first-order valence-corrected chi connectivity index (χ1v) is 28.7. The Kier molecular flexibility index (Phi) is 10.1. The number of dihydropyridines is 1. The van der Waals surface area contributed by atoms with Gasteiger partial charge in [-0.3, -0.25) is 0 Å². The fourth-order valence-electron chi connectivity index (χ4n) is 12.6. The van der Waals surface area contributed by atoms with Gasteiger partial charge in [0.25, 0.3) is 0 Å². The summed E-state index contributed by atoms with van der Waals surface area (Å²) in [5, 5.41) is 27.8. The van der Waals surface area contributed by atoms with Crippen LogP contribution >= 0.6 is 22.7 Å². The number of furan rings is 1. The predicted molar refractivity (Wildman–Crippen MR) is 342 cm³/mol. The second-order valence-electron chi connectivity index (χ2n) is 20.7. The Hall–Kier alpha value is -10.3. The Bertz CT molecular complexity index is 5530. The summed E-state index contributed by atoms with van der Waals surface area (Å²) in [6, 6.07) is 73.9. The molecule has 18 rings (SSSR count). The van der Waals surface area contributed by atoms with Crippen molar-refractivity contribution in [3.05, 3.63) is 272 Å². The molecule has 0 amide bonds. The van der Waals surface area contributed by atoms with Gasteiger partial charge in [0.1, 0.15) is 11.2 Å². The molecule has 0 bridgehead atoms. The molecule has 8 heterocycles. The van der Waals surface area contributed by atoms with Gasteiger partial charge in [0.05, 0.1) is 49.2 Å². The lowest BCUT2D eigenvalue weighted by Gasteiger charge is -2.20. The highest BCUT2D eigenvalue weighted by molar-refractivity contribution is 7.27. The molecule has 7 nitrogen and oxygen atoms in total. The molecule has 0 atom stereocenters. The first-order chi connectivity index (χ1) is 40.1. The third-order valence-electron chi connectivity index (χ3n) is 16.2. The zero-order chi connectivity index (χ0) is 53.3. The highest BCUT2D eigenvalue weighted by atomic mass is 32.1. The van der Waals surface area contributed by atoms with Crippen LogP contribution in [0.1, 0.15) is 5.56 Å². The third-order valence-corrected chi connectivity index (χ3v) is 18.5. The van der Waals surface area contributed by atoms with Gasteiger partial charge in [-0.15, -0.1) is 22.7 Å². The van der Waals surface area contributed by atoms with E-state index in [1.165, 1.54) is 84.3 Å². The van der Waals surface area contributed by atoms with Crippen molar-refractivity contribution in [2.24, 2.45) is 0 Å². The molecular formula is C72H44N6OS2. The molecule has 0 fully saturated rings. The molecular weight excluding hydrogens is 1030 g/mol. The van der Waals surface area contributed by atoms with Crippen molar-refractivity contribution in [2.75, 3.05) is 0 Å². The van der Waals surface area contributed by atoms with Gasteiger partial charge in [-0.2, -0.15) is 5.10 Å². The number of nitrogens with zero attached hydrogens (tertiary/aromatic N) is 4. The van der Waals surface area contributed by atoms with Crippen LogP contribution in [0.5, 0.6) is 0 Å². The largest absolute Gasteiger partial charge is 0.456 e. The van der Waals surface area contributed by atoms with Crippen LogP contribution in [0.4, 0.5) is 0 Å². The quantitative estimate of drug-likeness (QED) is 0.184. The number of nitrogens with one attached hydrogen (secondary N) is 2. The second kappa shape index (κ2) is 17.9. The molecule has 380 valence electrons. The maximum atomic E-state index is 8.55. The average molecular weight is 1070 g/mol. The third kappa shape index (κ3) is 7.06. The summed E-state index contributed by atoms with van der Waals surface area (Å²) in [5.74, 6) is 0. The van der Waals surface area contributed by atoms with E-state index < -0.39 is 0 Å².